The maximum Gasteiger partial charge on any atom is 0.133 e. The molecule has 11 heavy (non-hydrogen) atoms. The van der Waals surface area contributed by atoms with Gasteiger partial charge in [0.2, 0.25) is 0 Å². The number of nitrogens with zero attached hydrogens (tertiary/aromatic N) is 1. The van der Waals surface area contributed by atoms with Gasteiger partial charge in [-0.05, 0) is 12.8 Å². The van der Waals surface area contributed by atoms with Crippen molar-refractivity contribution in [2.75, 3.05) is 0 Å². The molecule has 2 nitrogen and oxygen atoms in total. The average Bonchev–Trinajstić information content (AvgIpc) is 2.34. The van der Waals surface area contributed by atoms with Crippen molar-refractivity contribution in [3.05, 3.63) is 17.5 Å². The van der Waals surface area contributed by atoms with Crippen molar-refractivity contribution in [1.29, 1.82) is 0 Å². The Hall–Kier alpha value is -0.790. The molecule has 0 N–H and O–H groups in total. The van der Waals surface area contributed by atoms with Crippen molar-refractivity contribution >= 4 is 0 Å². The van der Waals surface area contributed by atoms with E-state index in [1.807, 2.05) is 13.0 Å². The highest BCUT2D eigenvalue weighted by Gasteiger charge is 2.13. The van der Waals surface area contributed by atoms with Gasteiger partial charge in [-0.2, -0.15) is 0 Å². The molecule has 1 heterocycles. The Balaban J connectivity index is 2.76. The van der Waals surface area contributed by atoms with Crippen LogP contribution in [0, 0.1) is 12.8 Å². The lowest BCUT2D eigenvalue weighted by molar-refractivity contribution is 0.378. The summed E-state index contributed by atoms with van der Waals surface area (Å²) in [5.74, 6) is 2.01. The van der Waals surface area contributed by atoms with Gasteiger partial charge in [0.25, 0.3) is 0 Å². The molecular weight excluding hydrogens is 138 g/mol. The topological polar surface area (TPSA) is 26.0 Å². The largest absolute Gasteiger partial charge is 0.361 e. The SMILES string of the molecule is Cc1cc(C(C)C(C)C)no1. The summed E-state index contributed by atoms with van der Waals surface area (Å²) in [4.78, 5) is 0. The number of hydrogen-bond acceptors (Lipinski definition) is 2. The second-order valence-corrected chi connectivity index (χ2v) is 3.40. The summed E-state index contributed by atoms with van der Waals surface area (Å²) < 4.78 is 4.99. The van der Waals surface area contributed by atoms with Crippen LogP contribution in [0.5, 0.6) is 0 Å². The molecule has 1 atom stereocenters. The van der Waals surface area contributed by atoms with E-state index in [4.69, 9.17) is 4.52 Å². The lowest BCUT2D eigenvalue weighted by atomic mass is 9.95. The van der Waals surface area contributed by atoms with Gasteiger partial charge in [0, 0.05) is 12.0 Å². The molecule has 1 aromatic heterocycles. The van der Waals surface area contributed by atoms with Crippen LogP contribution in [0.4, 0.5) is 0 Å². The third kappa shape index (κ3) is 1.82. The molecular formula is C9H15NO. The molecule has 0 aliphatic rings. The average molecular weight is 153 g/mol. The maximum absolute atomic E-state index is 4.99. The summed E-state index contributed by atoms with van der Waals surface area (Å²) in [5, 5.41) is 3.96. The smallest absolute Gasteiger partial charge is 0.133 e. The first-order valence-electron chi connectivity index (χ1n) is 4.04. The summed E-state index contributed by atoms with van der Waals surface area (Å²) in [6.07, 6.45) is 0. The van der Waals surface area contributed by atoms with Crippen LogP contribution in [0.15, 0.2) is 10.6 Å². The van der Waals surface area contributed by atoms with Gasteiger partial charge in [0.05, 0.1) is 5.69 Å². The number of hydrogen-bond donors (Lipinski definition) is 0. The molecule has 1 unspecified atom stereocenters. The Labute approximate surface area is 67.6 Å². The molecule has 0 saturated carbocycles. The molecule has 62 valence electrons. The van der Waals surface area contributed by atoms with E-state index in [2.05, 4.69) is 25.9 Å². The van der Waals surface area contributed by atoms with E-state index in [1.54, 1.807) is 0 Å². The minimum Gasteiger partial charge on any atom is -0.361 e. The van der Waals surface area contributed by atoms with Crippen LogP contribution in [0.2, 0.25) is 0 Å². The second-order valence-electron chi connectivity index (χ2n) is 3.40. The summed E-state index contributed by atoms with van der Waals surface area (Å²) in [7, 11) is 0. The van der Waals surface area contributed by atoms with E-state index in [0.29, 0.717) is 11.8 Å². The zero-order valence-electron chi connectivity index (χ0n) is 7.59. The molecule has 1 aromatic rings. The monoisotopic (exact) mass is 153 g/mol. The first-order valence-corrected chi connectivity index (χ1v) is 4.04. The first kappa shape index (κ1) is 8.31. The Morgan fingerprint density at radius 1 is 1.36 bits per heavy atom. The van der Waals surface area contributed by atoms with E-state index in [-0.39, 0.29) is 0 Å². The minimum absolute atomic E-state index is 0.493. The van der Waals surface area contributed by atoms with Crippen molar-refractivity contribution < 1.29 is 4.52 Å². The van der Waals surface area contributed by atoms with Gasteiger partial charge in [-0.25, -0.2) is 0 Å². The van der Waals surface area contributed by atoms with Crippen LogP contribution < -0.4 is 0 Å². The standard InChI is InChI=1S/C9H15NO/c1-6(2)8(4)9-5-7(3)11-10-9/h5-6,8H,1-4H3. The molecule has 0 fully saturated rings. The maximum atomic E-state index is 4.99. The van der Waals surface area contributed by atoms with Crippen LogP contribution in [0.3, 0.4) is 0 Å². The van der Waals surface area contributed by atoms with Gasteiger partial charge in [-0.3, -0.25) is 0 Å². The zero-order chi connectivity index (χ0) is 8.43. The van der Waals surface area contributed by atoms with Crippen LogP contribution in [-0.4, -0.2) is 5.16 Å². The molecule has 0 aromatic carbocycles. The predicted octanol–water partition coefficient (Wildman–Crippen LogP) is 2.74. The van der Waals surface area contributed by atoms with E-state index >= 15 is 0 Å². The summed E-state index contributed by atoms with van der Waals surface area (Å²) in [6, 6.07) is 2.00. The van der Waals surface area contributed by atoms with E-state index in [1.165, 1.54) is 0 Å². The molecule has 0 aliphatic heterocycles. The molecule has 0 saturated heterocycles. The first-order chi connectivity index (χ1) is 5.11. The van der Waals surface area contributed by atoms with Gasteiger partial charge >= 0.3 is 0 Å². The molecule has 2 heteroatoms. The quantitative estimate of drug-likeness (QED) is 0.653. The Bertz CT molecular complexity index is 227. The molecule has 0 spiro atoms. The second kappa shape index (κ2) is 3.07. The van der Waals surface area contributed by atoms with Crippen molar-refractivity contribution in [2.45, 2.75) is 33.6 Å². The highest BCUT2D eigenvalue weighted by Crippen LogP contribution is 2.22. The zero-order valence-corrected chi connectivity index (χ0v) is 7.59. The molecule has 0 radical (unpaired) electrons. The molecule has 0 amide bonds. The van der Waals surface area contributed by atoms with E-state index < -0.39 is 0 Å². The fourth-order valence-electron chi connectivity index (χ4n) is 0.942. The van der Waals surface area contributed by atoms with Crippen LogP contribution in [0.25, 0.3) is 0 Å². The van der Waals surface area contributed by atoms with Gasteiger partial charge in [0.1, 0.15) is 5.76 Å². The Kier molecular flexibility index (Phi) is 2.32. The fraction of sp³-hybridized carbons (Fsp3) is 0.667. The molecule has 0 aliphatic carbocycles. The van der Waals surface area contributed by atoms with Gasteiger partial charge < -0.3 is 4.52 Å². The third-order valence-corrected chi connectivity index (χ3v) is 2.11. The van der Waals surface area contributed by atoms with E-state index in [9.17, 15) is 0 Å². The van der Waals surface area contributed by atoms with Crippen molar-refractivity contribution in [3.63, 3.8) is 0 Å². The highest BCUT2D eigenvalue weighted by atomic mass is 16.5. The van der Waals surface area contributed by atoms with Crippen molar-refractivity contribution in [1.82, 2.24) is 5.16 Å². The van der Waals surface area contributed by atoms with Gasteiger partial charge in [0.15, 0.2) is 0 Å². The van der Waals surface area contributed by atoms with Crippen molar-refractivity contribution in [2.24, 2.45) is 5.92 Å². The summed E-state index contributed by atoms with van der Waals surface area (Å²) in [5.41, 5.74) is 1.07. The summed E-state index contributed by atoms with van der Waals surface area (Å²) in [6.45, 7) is 8.47. The minimum atomic E-state index is 0.493. The van der Waals surface area contributed by atoms with Crippen molar-refractivity contribution in [3.8, 4) is 0 Å². The molecule has 1 rings (SSSR count). The van der Waals surface area contributed by atoms with Gasteiger partial charge in [-0.15, -0.1) is 0 Å². The molecule has 0 bridgehead atoms. The number of aromatic nitrogens is 1. The third-order valence-electron chi connectivity index (χ3n) is 2.11. The lowest BCUT2D eigenvalue weighted by Crippen LogP contribution is -2.01. The van der Waals surface area contributed by atoms with Crippen LogP contribution in [0.1, 0.15) is 38.1 Å². The van der Waals surface area contributed by atoms with Crippen LogP contribution in [-0.2, 0) is 0 Å². The number of aryl methyl sites for hydroxylation is 1. The van der Waals surface area contributed by atoms with E-state index in [0.717, 1.165) is 11.5 Å². The van der Waals surface area contributed by atoms with Gasteiger partial charge in [-0.1, -0.05) is 25.9 Å². The lowest BCUT2D eigenvalue weighted by Gasteiger charge is -2.10. The Morgan fingerprint density at radius 3 is 2.36 bits per heavy atom. The highest BCUT2D eigenvalue weighted by molar-refractivity contribution is 5.08. The fourth-order valence-corrected chi connectivity index (χ4v) is 0.942. The Morgan fingerprint density at radius 2 is 2.00 bits per heavy atom. The normalized spacial score (nSPS) is 13.9. The summed E-state index contributed by atoms with van der Waals surface area (Å²) >= 11 is 0. The number of rotatable bonds is 2. The van der Waals surface area contributed by atoms with Crippen LogP contribution >= 0.6 is 0 Å². The predicted molar refractivity (Wildman–Crippen MR) is 44.5 cm³/mol.